The Morgan fingerprint density at radius 2 is 1.96 bits per heavy atom. The zero-order valence-corrected chi connectivity index (χ0v) is 13.7. The number of nitrogens with zero attached hydrogens (tertiary/aromatic N) is 2. The largest absolute Gasteiger partial charge is 0.343 e. The number of hydrogen-bond donors (Lipinski definition) is 1. The van der Waals surface area contributed by atoms with E-state index < -0.39 is 0 Å². The average molecular weight is 346 g/mol. The predicted molar refractivity (Wildman–Crippen MR) is 91.0 cm³/mol. The molecule has 0 aliphatic carbocycles. The molecule has 23 heavy (non-hydrogen) atoms. The summed E-state index contributed by atoms with van der Waals surface area (Å²) in [7, 11) is 0. The maximum absolute atomic E-state index is 12.7. The molecule has 1 N–H and O–H groups in total. The lowest BCUT2D eigenvalue weighted by Crippen LogP contribution is -2.35. The molecule has 4 rings (SSSR count). The highest BCUT2D eigenvalue weighted by Gasteiger charge is 2.25. The number of benzene rings is 1. The quantitative estimate of drug-likeness (QED) is 0.722. The van der Waals surface area contributed by atoms with Gasteiger partial charge in [0.05, 0.1) is 5.02 Å². The predicted octanol–water partition coefficient (Wildman–Crippen LogP) is 4.07. The molecule has 0 fully saturated rings. The highest BCUT2D eigenvalue weighted by atomic mass is 35.5. The number of hydrogen-bond acceptors (Lipinski definition) is 2. The first-order valence-corrected chi connectivity index (χ1v) is 8.07. The summed E-state index contributed by atoms with van der Waals surface area (Å²) in [6.45, 7) is 1.23. The molecule has 1 aromatic carbocycles. The first-order chi connectivity index (χ1) is 11.1. The Morgan fingerprint density at radius 1 is 1.17 bits per heavy atom. The van der Waals surface area contributed by atoms with Crippen LogP contribution in [0.2, 0.25) is 10.0 Å². The number of rotatable bonds is 1. The summed E-state index contributed by atoms with van der Waals surface area (Å²) in [5, 5.41) is 2.21. The summed E-state index contributed by atoms with van der Waals surface area (Å²) in [4.78, 5) is 22.2. The first-order valence-electron chi connectivity index (χ1n) is 7.31. The van der Waals surface area contributed by atoms with Crippen molar-refractivity contribution >= 4 is 40.1 Å². The molecule has 3 heterocycles. The number of nitrogens with one attached hydrogen (secondary N) is 1. The van der Waals surface area contributed by atoms with E-state index in [1.807, 2.05) is 11.0 Å². The molecule has 0 saturated heterocycles. The number of pyridine rings is 1. The fourth-order valence-electron chi connectivity index (χ4n) is 3.01. The van der Waals surface area contributed by atoms with Crippen LogP contribution < -0.4 is 0 Å². The molecule has 0 bridgehead atoms. The summed E-state index contributed by atoms with van der Waals surface area (Å²) in [6.07, 6.45) is 2.41. The van der Waals surface area contributed by atoms with Gasteiger partial charge in [-0.15, -0.1) is 0 Å². The van der Waals surface area contributed by atoms with E-state index in [1.165, 1.54) is 0 Å². The molecule has 1 aliphatic rings. The number of carbonyl (C=O) groups is 1. The van der Waals surface area contributed by atoms with Crippen LogP contribution in [-0.2, 0) is 13.0 Å². The number of H-pyrrole nitrogens is 1. The van der Waals surface area contributed by atoms with Crippen molar-refractivity contribution in [2.24, 2.45) is 0 Å². The minimum absolute atomic E-state index is 0.0108. The zero-order valence-electron chi connectivity index (χ0n) is 12.1. The summed E-state index contributed by atoms with van der Waals surface area (Å²) in [5.41, 5.74) is 3.70. The minimum atomic E-state index is 0.0108. The molecule has 4 nitrogen and oxygen atoms in total. The standard InChI is InChI=1S/C17H13Cl2N3O/c18-11-3-1-10(2-4-11)17(23)22-6-5-15-14(9-22)13-7-12(19)8-20-16(13)21-15/h1-4,7-8H,5-6,9H2,(H,20,21). The van der Waals surface area contributed by atoms with Crippen molar-refractivity contribution in [3.05, 3.63) is 63.4 Å². The van der Waals surface area contributed by atoms with Gasteiger partial charge in [-0.25, -0.2) is 4.98 Å². The molecular weight excluding hydrogens is 333 g/mol. The molecule has 0 radical (unpaired) electrons. The van der Waals surface area contributed by atoms with Crippen LogP contribution in [0.5, 0.6) is 0 Å². The van der Waals surface area contributed by atoms with Gasteiger partial charge in [-0.05, 0) is 30.3 Å². The van der Waals surface area contributed by atoms with Gasteiger partial charge >= 0.3 is 0 Å². The zero-order chi connectivity index (χ0) is 16.0. The summed E-state index contributed by atoms with van der Waals surface area (Å²) in [5.74, 6) is 0.0108. The SMILES string of the molecule is O=C(c1ccc(Cl)cc1)N1CCc2[nH]c3ncc(Cl)cc3c2C1. The highest BCUT2D eigenvalue weighted by molar-refractivity contribution is 6.31. The van der Waals surface area contributed by atoms with Gasteiger partial charge in [-0.1, -0.05) is 23.2 Å². The lowest BCUT2D eigenvalue weighted by Gasteiger charge is -2.27. The van der Waals surface area contributed by atoms with E-state index in [1.54, 1.807) is 30.5 Å². The van der Waals surface area contributed by atoms with Crippen LogP contribution in [0.4, 0.5) is 0 Å². The van der Waals surface area contributed by atoms with Crippen molar-refractivity contribution in [2.75, 3.05) is 6.54 Å². The van der Waals surface area contributed by atoms with Crippen molar-refractivity contribution in [3.63, 3.8) is 0 Å². The highest BCUT2D eigenvalue weighted by Crippen LogP contribution is 2.29. The van der Waals surface area contributed by atoms with E-state index >= 15 is 0 Å². The van der Waals surface area contributed by atoms with Gasteiger partial charge in [0, 0.05) is 52.9 Å². The third kappa shape index (κ3) is 2.58. The summed E-state index contributed by atoms with van der Waals surface area (Å²) >= 11 is 11.9. The number of aromatic amines is 1. The lowest BCUT2D eigenvalue weighted by atomic mass is 10.0. The Kier molecular flexibility index (Phi) is 3.51. The molecule has 0 unspecified atom stereocenters. The van der Waals surface area contributed by atoms with E-state index in [0.717, 1.165) is 28.7 Å². The Balaban J connectivity index is 1.67. The molecule has 0 spiro atoms. The van der Waals surface area contributed by atoms with Crippen LogP contribution >= 0.6 is 23.2 Å². The molecular formula is C17H13Cl2N3O. The van der Waals surface area contributed by atoms with Crippen molar-refractivity contribution < 1.29 is 4.79 Å². The van der Waals surface area contributed by atoms with E-state index in [-0.39, 0.29) is 5.91 Å². The first kappa shape index (κ1) is 14.5. The van der Waals surface area contributed by atoms with E-state index in [9.17, 15) is 4.79 Å². The molecule has 0 saturated carbocycles. The Hall–Kier alpha value is -2.04. The molecule has 1 aliphatic heterocycles. The number of aromatic nitrogens is 2. The fraction of sp³-hybridized carbons (Fsp3) is 0.176. The van der Waals surface area contributed by atoms with Crippen LogP contribution in [0.3, 0.4) is 0 Å². The maximum atomic E-state index is 12.7. The van der Waals surface area contributed by atoms with Gasteiger partial charge in [-0.3, -0.25) is 4.79 Å². The molecule has 0 atom stereocenters. The molecule has 116 valence electrons. The van der Waals surface area contributed by atoms with Crippen molar-refractivity contribution in [1.82, 2.24) is 14.9 Å². The second kappa shape index (κ2) is 5.55. The van der Waals surface area contributed by atoms with Crippen molar-refractivity contribution in [2.45, 2.75) is 13.0 Å². The number of fused-ring (bicyclic) bond motifs is 3. The van der Waals surface area contributed by atoms with Gasteiger partial charge in [0.25, 0.3) is 5.91 Å². The molecule has 2 aromatic heterocycles. The van der Waals surface area contributed by atoms with Crippen LogP contribution in [0, 0.1) is 0 Å². The fourth-order valence-corrected chi connectivity index (χ4v) is 3.29. The molecule has 6 heteroatoms. The lowest BCUT2D eigenvalue weighted by molar-refractivity contribution is 0.0735. The van der Waals surface area contributed by atoms with E-state index in [0.29, 0.717) is 28.7 Å². The maximum Gasteiger partial charge on any atom is 0.254 e. The third-order valence-corrected chi connectivity index (χ3v) is 4.63. The van der Waals surface area contributed by atoms with Gasteiger partial charge in [0.1, 0.15) is 5.65 Å². The van der Waals surface area contributed by atoms with E-state index in [2.05, 4.69) is 9.97 Å². The third-order valence-electron chi connectivity index (χ3n) is 4.17. The number of carbonyl (C=O) groups excluding carboxylic acids is 1. The number of halogens is 2. The van der Waals surface area contributed by atoms with Gasteiger partial charge < -0.3 is 9.88 Å². The summed E-state index contributed by atoms with van der Waals surface area (Å²) in [6, 6.07) is 8.89. The monoisotopic (exact) mass is 345 g/mol. The second-order valence-electron chi connectivity index (χ2n) is 5.62. The van der Waals surface area contributed by atoms with E-state index in [4.69, 9.17) is 23.2 Å². The smallest absolute Gasteiger partial charge is 0.254 e. The topological polar surface area (TPSA) is 49.0 Å². The van der Waals surface area contributed by atoms with Crippen LogP contribution in [0.15, 0.2) is 36.5 Å². The second-order valence-corrected chi connectivity index (χ2v) is 6.49. The number of amides is 1. The van der Waals surface area contributed by atoms with Crippen LogP contribution in [0.25, 0.3) is 11.0 Å². The van der Waals surface area contributed by atoms with Crippen LogP contribution in [0.1, 0.15) is 21.6 Å². The molecule has 1 amide bonds. The Morgan fingerprint density at radius 3 is 2.74 bits per heavy atom. The van der Waals surface area contributed by atoms with Crippen LogP contribution in [-0.4, -0.2) is 27.3 Å². The average Bonchev–Trinajstić information content (AvgIpc) is 2.92. The van der Waals surface area contributed by atoms with Gasteiger partial charge in [0.2, 0.25) is 0 Å². The van der Waals surface area contributed by atoms with Crippen molar-refractivity contribution in [3.8, 4) is 0 Å². The van der Waals surface area contributed by atoms with Gasteiger partial charge in [0.15, 0.2) is 0 Å². The molecule has 3 aromatic rings. The Bertz CT molecular complexity index is 902. The Labute approximate surface area is 143 Å². The van der Waals surface area contributed by atoms with Crippen molar-refractivity contribution in [1.29, 1.82) is 0 Å². The normalized spacial score (nSPS) is 14.1. The minimum Gasteiger partial charge on any atom is -0.343 e. The van der Waals surface area contributed by atoms with Gasteiger partial charge in [-0.2, -0.15) is 0 Å². The summed E-state index contributed by atoms with van der Waals surface area (Å²) < 4.78 is 0.